The van der Waals surface area contributed by atoms with Gasteiger partial charge in [0.2, 0.25) is 0 Å². The predicted octanol–water partition coefficient (Wildman–Crippen LogP) is 3.53. The Hall–Kier alpha value is 0.390. The summed E-state index contributed by atoms with van der Waals surface area (Å²) < 4.78 is 5.68. The van der Waals surface area contributed by atoms with Gasteiger partial charge in [-0.15, -0.1) is 0 Å². The Morgan fingerprint density at radius 1 is 1.33 bits per heavy atom. The highest BCUT2D eigenvalue weighted by molar-refractivity contribution is 14.1. The zero-order valence-corrected chi connectivity index (χ0v) is 10.3. The third-order valence-electron chi connectivity index (χ3n) is 1.40. The van der Waals surface area contributed by atoms with Crippen LogP contribution in [-0.4, -0.2) is 11.9 Å². The van der Waals surface area contributed by atoms with Crippen LogP contribution in [0.4, 0.5) is 0 Å². The van der Waals surface area contributed by atoms with Gasteiger partial charge in [0, 0.05) is 5.33 Å². The van der Waals surface area contributed by atoms with Crippen molar-refractivity contribution in [2.45, 2.75) is 4.11 Å². The smallest absolute Gasteiger partial charge is 0.133 e. The molecule has 66 valence electrons. The van der Waals surface area contributed by atoms with E-state index in [9.17, 15) is 0 Å². The molecule has 1 nitrogen and oxygen atoms in total. The summed E-state index contributed by atoms with van der Waals surface area (Å²) in [7, 11) is 0. The summed E-state index contributed by atoms with van der Waals surface area (Å²) in [5, 5.41) is 0.888. The second-order valence-corrected chi connectivity index (χ2v) is 4.21. The van der Waals surface area contributed by atoms with E-state index in [4.69, 9.17) is 4.74 Å². The van der Waals surface area contributed by atoms with Crippen LogP contribution in [0.25, 0.3) is 0 Å². The second-order valence-electron chi connectivity index (χ2n) is 2.29. The molecule has 0 saturated heterocycles. The molecule has 1 atom stereocenters. The Labute approximate surface area is 94.8 Å². The quantitative estimate of drug-likeness (QED) is 0.602. The van der Waals surface area contributed by atoms with Gasteiger partial charge in [-0.2, -0.15) is 0 Å². The standard InChI is InChI=1S/C9H10BrIO/c10-6-7-12-9(11)8-4-2-1-3-5-8/h1-5,9H,6-7H2. The van der Waals surface area contributed by atoms with Crippen molar-refractivity contribution in [3.05, 3.63) is 35.9 Å². The average Bonchev–Trinajstić information content (AvgIpc) is 2.15. The topological polar surface area (TPSA) is 9.23 Å². The Balaban J connectivity index is 2.48. The molecule has 0 bridgehead atoms. The van der Waals surface area contributed by atoms with Crippen molar-refractivity contribution in [1.29, 1.82) is 0 Å². The number of benzene rings is 1. The van der Waals surface area contributed by atoms with Crippen molar-refractivity contribution in [3.63, 3.8) is 0 Å². The Kier molecular flexibility index (Phi) is 5.18. The lowest BCUT2D eigenvalue weighted by atomic mass is 10.2. The summed E-state index contributed by atoms with van der Waals surface area (Å²) >= 11 is 5.61. The normalized spacial score (nSPS) is 12.8. The minimum Gasteiger partial charge on any atom is -0.362 e. The maximum absolute atomic E-state index is 5.52. The number of hydrogen-bond acceptors (Lipinski definition) is 1. The molecule has 0 spiro atoms. The number of halogens is 2. The zero-order chi connectivity index (χ0) is 8.81. The highest BCUT2D eigenvalue weighted by Crippen LogP contribution is 2.23. The van der Waals surface area contributed by atoms with Crippen LogP contribution in [0.5, 0.6) is 0 Å². The van der Waals surface area contributed by atoms with E-state index in [0.717, 1.165) is 11.9 Å². The van der Waals surface area contributed by atoms with Crippen LogP contribution >= 0.6 is 38.5 Å². The Bertz CT molecular complexity index is 215. The summed E-state index contributed by atoms with van der Waals surface area (Å²) in [5.74, 6) is 0. The minimum atomic E-state index is 0.168. The molecule has 0 aliphatic rings. The SMILES string of the molecule is BrCCOC(I)c1ccccc1. The van der Waals surface area contributed by atoms with Gasteiger partial charge in [0.1, 0.15) is 4.11 Å². The number of ether oxygens (including phenoxy) is 1. The van der Waals surface area contributed by atoms with Crippen LogP contribution in [0.1, 0.15) is 9.67 Å². The molecule has 0 amide bonds. The second kappa shape index (κ2) is 5.94. The molecule has 1 aromatic rings. The summed E-state index contributed by atoms with van der Waals surface area (Å²) in [6, 6.07) is 10.2. The highest BCUT2D eigenvalue weighted by atomic mass is 127. The number of alkyl halides is 2. The van der Waals surface area contributed by atoms with Gasteiger partial charge in [-0.1, -0.05) is 46.3 Å². The van der Waals surface area contributed by atoms with Gasteiger partial charge in [-0.25, -0.2) is 0 Å². The molecular weight excluding hydrogens is 331 g/mol. The molecule has 0 aromatic heterocycles. The Morgan fingerprint density at radius 3 is 2.58 bits per heavy atom. The fourth-order valence-corrected chi connectivity index (χ4v) is 1.70. The van der Waals surface area contributed by atoms with Crippen LogP contribution in [0.15, 0.2) is 30.3 Å². The lowest BCUT2D eigenvalue weighted by Gasteiger charge is -2.09. The first kappa shape index (κ1) is 10.5. The van der Waals surface area contributed by atoms with Crippen molar-refractivity contribution in [2.24, 2.45) is 0 Å². The molecule has 1 rings (SSSR count). The molecular formula is C9H10BrIO. The first-order valence-corrected chi connectivity index (χ1v) is 6.08. The predicted molar refractivity (Wildman–Crippen MR) is 62.9 cm³/mol. The van der Waals surface area contributed by atoms with Crippen LogP contribution in [0.3, 0.4) is 0 Å². The minimum absolute atomic E-state index is 0.168. The molecule has 12 heavy (non-hydrogen) atoms. The molecule has 0 saturated carbocycles. The Morgan fingerprint density at radius 2 is 2.00 bits per heavy atom. The lowest BCUT2D eigenvalue weighted by Crippen LogP contribution is -1.98. The van der Waals surface area contributed by atoms with Gasteiger partial charge in [0.15, 0.2) is 0 Å². The van der Waals surface area contributed by atoms with Crippen molar-refractivity contribution in [2.75, 3.05) is 11.9 Å². The van der Waals surface area contributed by atoms with Gasteiger partial charge in [-0.3, -0.25) is 0 Å². The first-order valence-electron chi connectivity index (χ1n) is 3.71. The fourth-order valence-electron chi connectivity index (χ4n) is 0.849. The van der Waals surface area contributed by atoms with Crippen molar-refractivity contribution in [3.8, 4) is 0 Å². The average molecular weight is 341 g/mol. The molecule has 0 aliphatic heterocycles. The molecule has 0 heterocycles. The summed E-state index contributed by atoms with van der Waals surface area (Å²) in [6.45, 7) is 0.752. The lowest BCUT2D eigenvalue weighted by molar-refractivity contribution is 0.141. The van der Waals surface area contributed by atoms with E-state index in [1.54, 1.807) is 0 Å². The van der Waals surface area contributed by atoms with Crippen molar-refractivity contribution >= 4 is 38.5 Å². The van der Waals surface area contributed by atoms with Crippen molar-refractivity contribution in [1.82, 2.24) is 0 Å². The zero-order valence-electron chi connectivity index (χ0n) is 6.54. The van der Waals surface area contributed by atoms with E-state index in [1.807, 2.05) is 18.2 Å². The maximum Gasteiger partial charge on any atom is 0.133 e. The van der Waals surface area contributed by atoms with E-state index in [2.05, 4.69) is 50.7 Å². The molecule has 1 aromatic carbocycles. The van der Waals surface area contributed by atoms with Crippen LogP contribution in [0.2, 0.25) is 0 Å². The maximum atomic E-state index is 5.52. The van der Waals surface area contributed by atoms with Gasteiger partial charge < -0.3 is 4.74 Å². The van der Waals surface area contributed by atoms with E-state index < -0.39 is 0 Å². The van der Waals surface area contributed by atoms with E-state index in [0.29, 0.717) is 0 Å². The van der Waals surface area contributed by atoms with Crippen LogP contribution in [0, 0.1) is 0 Å². The highest BCUT2D eigenvalue weighted by Gasteiger charge is 2.04. The van der Waals surface area contributed by atoms with Crippen molar-refractivity contribution < 1.29 is 4.74 Å². The third-order valence-corrected chi connectivity index (χ3v) is 2.81. The molecule has 1 unspecified atom stereocenters. The molecule has 3 heteroatoms. The molecule has 0 fully saturated rings. The molecule has 0 aliphatic carbocycles. The van der Waals surface area contributed by atoms with Gasteiger partial charge >= 0.3 is 0 Å². The van der Waals surface area contributed by atoms with Gasteiger partial charge in [0.05, 0.1) is 6.61 Å². The fraction of sp³-hybridized carbons (Fsp3) is 0.333. The summed E-state index contributed by atoms with van der Waals surface area (Å²) in [5.41, 5.74) is 1.22. The third kappa shape index (κ3) is 3.41. The summed E-state index contributed by atoms with van der Waals surface area (Å²) in [6.07, 6.45) is 0. The van der Waals surface area contributed by atoms with Crippen LogP contribution < -0.4 is 0 Å². The molecule has 0 radical (unpaired) electrons. The largest absolute Gasteiger partial charge is 0.362 e. The molecule has 0 N–H and O–H groups in total. The van der Waals surface area contributed by atoms with E-state index >= 15 is 0 Å². The van der Waals surface area contributed by atoms with Gasteiger partial charge in [-0.05, 0) is 28.2 Å². The van der Waals surface area contributed by atoms with E-state index in [-0.39, 0.29) is 4.11 Å². The summed E-state index contributed by atoms with van der Waals surface area (Å²) in [4.78, 5) is 0. The number of hydrogen-bond donors (Lipinski definition) is 0. The first-order chi connectivity index (χ1) is 5.84. The van der Waals surface area contributed by atoms with Crippen LogP contribution in [-0.2, 0) is 4.74 Å². The van der Waals surface area contributed by atoms with E-state index in [1.165, 1.54) is 5.56 Å². The monoisotopic (exact) mass is 340 g/mol. The van der Waals surface area contributed by atoms with Gasteiger partial charge in [0.25, 0.3) is 0 Å². The number of rotatable bonds is 4.